The molecule has 15 heteroatoms. The standard InChI is InChI=1S/C23H28F3N2O9P/c1-13(2)35-20(31)14(3)11-38(33,37-15-7-5-4-6-8-15)34-10-17-18(29)23(26,12-24)21(36-17)28-9-16(25)19(30)27-22(28)32/h4-9,13-14,17-18,21,29H,10-12H2,1-3H3,(H,27,30,32)/t14-,17-,18+,21-,23?,38?/m1/s1. The average Bonchev–Trinajstić information content (AvgIpc) is 3.10. The summed E-state index contributed by atoms with van der Waals surface area (Å²) in [5, 5.41) is 10.5. The van der Waals surface area contributed by atoms with Gasteiger partial charge in [0.2, 0.25) is 11.5 Å². The van der Waals surface area contributed by atoms with Gasteiger partial charge in [0.05, 0.1) is 31.0 Å². The maximum absolute atomic E-state index is 15.5. The lowest BCUT2D eigenvalue weighted by Crippen LogP contribution is -2.48. The van der Waals surface area contributed by atoms with Gasteiger partial charge in [-0.1, -0.05) is 25.1 Å². The lowest BCUT2D eigenvalue weighted by atomic mass is 9.97. The Kier molecular flexibility index (Phi) is 9.24. The van der Waals surface area contributed by atoms with Crippen molar-refractivity contribution >= 4 is 13.6 Å². The molecule has 0 spiro atoms. The first kappa shape index (κ1) is 29.6. The highest BCUT2D eigenvalue weighted by Gasteiger charge is 2.59. The number of aliphatic hydroxyl groups is 1. The number of nitrogens with zero attached hydrogens (tertiary/aromatic N) is 1. The molecule has 2 aromatic rings. The number of halogens is 3. The summed E-state index contributed by atoms with van der Waals surface area (Å²) in [7, 11) is -4.22. The van der Waals surface area contributed by atoms with E-state index in [1.807, 2.05) is 0 Å². The smallest absolute Gasteiger partial charge is 0.380 e. The van der Waals surface area contributed by atoms with Gasteiger partial charge in [0.15, 0.2) is 6.23 Å². The second kappa shape index (κ2) is 11.9. The van der Waals surface area contributed by atoms with Gasteiger partial charge in [-0.2, -0.15) is 4.39 Å². The van der Waals surface area contributed by atoms with Crippen LogP contribution in [0.3, 0.4) is 0 Å². The molecule has 1 fully saturated rings. The summed E-state index contributed by atoms with van der Waals surface area (Å²) >= 11 is 0. The first-order chi connectivity index (χ1) is 17.8. The Balaban J connectivity index is 1.85. The molecule has 1 aliphatic rings. The highest BCUT2D eigenvalue weighted by molar-refractivity contribution is 7.54. The molecule has 2 unspecified atom stereocenters. The van der Waals surface area contributed by atoms with Crippen LogP contribution in [0.4, 0.5) is 13.2 Å². The fourth-order valence-electron chi connectivity index (χ4n) is 3.72. The van der Waals surface area contributed by atoms with E-state index in [0.717, 1.165) is 0 Å². The number of hydrogen-bond acceptors (Lipinski definition) is 9. The predicted molar refractivity (Wildman–Crippen MR) is 127 cm³/mol. The zero-order valence-electron chi connectivity index (χ0n) is 20.7. The number of nitrogens with one attached hydrogen (secondary N) is 1. The maximum atomic E-state index is 15.5. The van der Waals surface area contributed by atoms with Gasteiger partial charge in [0.25, 0.3) is 5.56 Å². The van der Waals surface area contributed by atoms with E-state index in [1.165, 1.54) is 19.1 Å². The maximum Gasteiger partial charge on any atom is 0.380 e. The van der Waals surface area contributed by atoms with Crippen molar-refractivity contribution < 1.29 is 46.2 Å². The van der Waals surface area contributed by atoms with Crippen LogP contribution in [-0.4, -0.2) is 64.1 Å². The van der Waals surface area contributed by atoms with Gasteiger partial charge >= 0.3 is 19.3 Å². The van der Waals surface area contributed by atoms with Gasteiger partial charge in [0, 0.05) is 0 Å². The zero-order valence-corrected chi connectivity index (χ0v) is 21.6. The third-order valence-electron chi connectivity index (χ3n) is 5.61. The molecule has 0 bridgehead atoms. The van der Waals surface area contributed by atoms with Crippen molar-refractivity contribution in [2.45, 2.75) is 51.0 Å². The van der Waals surface area contributed by atoms with Crippen molar-refractivity contribution in [1.29, 1.82) is 0 Å². The molecule has 38 heavy (non-hydrogen) atoms. The van der Waals surface area contributed by atoms with Crippen LogP contribution in [0.15, 0.2) is 46.1 Å². The van der Waals surface area contributed by atoms with Gasteiger partial charge in [-0.05, 0) is 26.0 Å². The molecule has 2 N–H and O–H groups in total. The van der Waals surface area contributed by atoms with Gasteiger partial charge in [-0.15, -0.1) is 0 Å². The molecule has 0 saturated carbocycles. The molecule has 210 valence electrons. The second-order valence-corrected chi connectivity index (χ2v) is 11.1. The molecule has 6 atom stereocenters. The number of aliphatic hydroxyl groups excluding tert-OH is 1. The quantitative estimate of drug-likeness (QED) is 0.311. The van der Waals surface area contributed by atoms with Crippen LogP contribution in [0.1, 0.15) is 27.0 Å². The normalized spacial score (nSPS) is 25.6. The van der Waals surface area contributed by atoms with Crippen LogP contribution < -0.4 is 15.8 Å². The van der Waals surface area contributed by atoms with Gasteiger partial charge in [0.1, 0.15) is 24.6 Å². The van der Waals surface area contributed by atoms with Gasteiger partial charge in [-0.3, -0.25) is 23.7 Å². The van der Waals surface area contributed by atoms with Crippen LogP contribution in [-0.2, 0) is 23.4 Å². The molecule has 1 saturated heterocycles. The predicted octanol–water partition coefficient (Wildman–Crippen LogP) is 2.49. The number of aromatic amines is 1. The summed E-state index contributed by atoms with van der Waals surface area (Å²) in [4.78, 5) is 37.3. The van der Waals surface area contributed by atoms with E-state index >= 15 is 4.39 Å². The molecular weight excluding hydrogens is 536 g/mol. The van der Waals surface area contributed by atoms with Gasteiger partial charge < -0.3 is 19.1 Å². The van der Waals surface area contributed by atoms with E-state index < -0.39 is 86.2 Å². The van der Waals surface area contributed by atoms with Crippen LogP contribution in [0, 0.1) is 11.7 Å². The lowest BCUT2D eigenvalue weighted by Gasteiger charge is -2.26. The van der Waals surface area contributed by atoms with E-state index in [4.69, 9.17) is 18.5 Å². The van der Waals surface area contributed by atoms with Gasteiger partial charge in [-0.25, -0.2) is 18.1 Å². The van der Waals surface area contributed by atoms with Crippen LogP contribution in [0.25, 0.3) is 0 Å². The number of para-hydroxylation sites is 1. The minimum absolute atomic E-state index is 0.116. The Morgan fingerprint density at radius 1 is 1.26 bits per heavy atom. The number of aromatic nitrogens is 2. The average molecular weight is 564 g/mol. The monoisotopic (exact) mass is 564 g/mol. The number of H-pyrrole nitrogens is 1. The Morgan fingerprint density at radius 2 is 1.92 bits per heavy atom. The summed E-state index contributed by atoms with van der Waals surface area (Å²) < 4.78 is 78.4. The van der Waals surface area contributed by atoms with E-state index in [1.54, 1.807) is 37.0 Å². The van der Waals surface area contributed by atoms with Crippen molar-refractivity contribution in [3.63, 3.8) is 0 Å². The SMILES string of the molecule is CC(C)OC(=O)[C@H](C)CP(=O)(OC[C@H]1O[C@@H](n2cc(F)c(=O)[nH]c2=O)C(F)(CF)[C@H]1O)Oc1ccccc1. The zero-order chi connectivity index (χ0) is 28.3. The Bertz CT molecular complexity index is 1290. The van der Waals surface area contributed by atoms with E-state index in [-0.39, 0.29) is 10.3 Å². The molecule has 1 aliphatic heterocycles. The van der Waals surface area contributed by atoms with Crippen molar-refractivity contribution in [3.05, 3.63) is 63.2 Å². The largest absolute Gasteiger partial charge is 0.463 e. The Hall–Kier alpha value is -2.93. The third-order valence-corrected chi connectivity index (χ3v) is 7.64. The van der Waals surface area contributed by atoms with Crippen LogP contribution >= 0.6 is 7.60 Å². The van der Waals surface area contributed by atoms with E-state index in [2.05, 4.69) is 0 Å². The first-order valence-corrected chi connectivity index (χ1v) is 13.3. The number of carbonyl (C=O) groups is 1. The number of ether oxygens (including phenoxy) is 2. The molecule has 1 aromatic heterocycles. The fraction of sp³-hybridized carbons (Fsp3) is 0.522. The highest BCUT2D eigenvalue weighted by atomic mass is 31.2. The molecule has 0 aliphatic carbocycles. The summed E-state index contributed by atoms with van der Waals surface area (Å²) in [5.74, 6) is -3.02. The number of hydrogen-bond donors (Lipinski definition) is 2. The molecule has 2 heterocycles. The molecule has 1 aromatic carbocycles. The number of carbonyl (C=O) groups excluding carboxylic acids is 1. The minimum Gasteiger partial charge on any atom is -0.463 e. The van der Waals surface area contributed by atoms with Crippen molar-refractivity contribution in [2.75, 3.05) is 19.4 Å². The van der Waals surface area contributed by atoms with Crippen molar-refractivity contribution in [3.8, 4) is 5.75 Å². The topological polar surface area (TPSA) is 146 Å². The lowest BCUT2D eigenvalue weighted by molar-refractivity contribution is -0.151. The number of esters is 1. The highest BCUT2D eigenvalue weighted by Crippen LogP contribution is 2.51. The summed E-state index contributed by atoms with van der Waals surface area (Å²) in [6.45, 7) is 1.99. The molecule has 3 rings (SSSR count). The number of benzene rings is 1. The fourth-order valence-corrected chi connectivity index (χ4v) is 5.59. The molecule has 11 nitrogen and oxygen atoms in total. The molecule has 0 radical (unpaired) electrons. The summed E-state index contributed by atoms with van der Waals surface area (Å²) in [6.07, 6.45) is -6.80. The number of rotatable bonds is 11. The summed E-state index contributed by atoms with van der Waals surface area (Å²) in [5.41, 5.74) is -5.97. The van der Waals surface area contributed by atoms with Crippen LogP contribution in [0.5, 0.6) is 5.75 Å². The third kappa shape index (κ3) is 6.55. The molecular formula is C23H28F3N2O9P. The summed E-state index contributed by atoms with van der Waals surface area (Å²) in [6, 6.07) is 7.78. The number of alkyl halides is 2. The Labute approximate surface area is 215 Å². The van der Waals surface area contributed by atoms with Crippen molar-refractivity contribution in [1.82, 2.24) is 9.55 Å². The van der Waals surface area contributed by atoms with Crippen LogP contribution in [0.2, 0.25) is 0 Å². The van der Waals surface area contributed by atoms with E-state index in [0.29, 0.717) is 6.20 Å². The van der Waals surface area contributed by atoms with Crippen molar-refractivity contribution in [2.24, 2.45) is 5.92 Å². The first-order valence-electron chi connectivity index (χ1n) is 11.6. The molecule has 0 amide bonds. The minimum atomic E-state index is -4.22. The Morgan fingerprint density at radius 3 is 2.53 bits per heavy atom. The van der Waals surface area contributed by atoms with E-state index in [9.17, 15) is 32.8 Å². The second-order valence-electron chi connectivity index (χ2n) is 9.06.